The molecule has 0 saturated carbocycles. The highest BCUT2D eigenvalue weighted by molar-refractivity contribution is 7.86. The van der Waals surface area contributed by atoms with Crippen molar-refractivity contribution >= 4 is 10.2 Å². The van der Waals surface area contributed by atoms with Gasteiger partial charge < -0.3 is 0 Å². The van der Waals surface area contributed by atoms with Crippen LogP contribution in [0.15, 0.2) is 30.3 Å². The minimum atomic E-state index is -3.35. The second-order valence-electron chi connectivity index (χ2n) is 5.75. The molecule has 0 N–H and O–H groups in total. The van der Waals surface area contributed by atoms with Gasteiger partial charge in [0, 0.05) is 33.1 Å². The lowest BCUT2D eigenvalue weighted by Gasteiger charge is -2.32. The quantitative estimate of drug-likeness (QED) is 0.818. The standard InChI is InChI=1S/C14H20N6O2S/c1-18(2)23(21,22)19-10-8-12(9-11-19)14-15-16-17-20(14)13-6-4-3-5-7-13/h3-7,12H,8-11H2,1-2H3. The SMILES string of the molecule is CN(C)S(=O)(=O)N1CCC(c2nnnn2-c2ccccc2)CC1. The number of rotatable bonds is 4. The Morgan fingerprint density at radius 1 is 1.13 bits per heavy atom. The van der Waals surface area contributed by atoms with Gasteiger partial charge in [-0.2, -0.15) is 21.7 Å². The van der Waals surface area contributed by atoms with E-state index in [1.54, 1.807) is 18.8 Å². The first-order valence-corrected chi connectivity index (χ1v) is 8.91. The van der Waals surface area contributed by atoms with E-state index in [9.17, 15) is 8.42 Å². The molecule has 1 saturated heterocycles. The van der Waals surface area contributed by atoms with Gasteiger partial charge in [0.15, 0.2) is 5.82 Å². The molecular weight excluding hydrogens is 316 g/mol. The monoisotopic (exact) mass is 336 g/mol. The van der Waals surface area contributed by atoms with Crippen LogP contribution in [0, 0.1) is 0 Å². The van der Waals surface area contributed by atoms with Gasteiger partial charge in [-0.05, 0) is 35.4 Å². The summed E-state index contributed by atoms with van der Waals surface area (Å²) in [7, 11) is -0.240. The molecule has 0 spiro atoms. The van der Waals surface area contributed by atoms with Gasteiger partial charge in [-0.15, -0.1) is 5.10 Å². The molecule has 1 aromatic carbocycles. The van der Waals surface area contributed by atoms with Crippen LogP contribution in [0.25, 0.3) is 5.69 Å². The largest absolute Gasteiger partial charge is 0.281 e. The summed E-state index contributed by atoms with van der Waals surface area (Å²) in [5.41, 5.74) is 0.913. The number of hydrogen-bond acceptors (Lipinski definition) is 5. The summed E-state index contributed by atoms with van der Waals surface area (Å²) < 4.78 is 28.8. The average Bonchev–Trinajstić information content (AvgIpc) is 3.05. The van der Waals surface area contributed by atoms with Crippen LogP contribution in [0.3, 0.4) is 0 Å². The summed E-state index contributed by atoms with van der Waals surface area (Å²) in [5.74, 6) is 0.942. The first-order chi connectivity index (χ1) is 11.0. The molecule has 124 valence electrons. The second kappa shape index (κ2) is 6.34. The van der Waals surface area contributed by atoms with E-state index in [1.807, 2.05) is 30.3 Å². The zero-order valence-corrected chi connectivity index (χ0v) is 14.0. The summed E-state index contributed by atoms with van der Waals surface area (Å²) >= 11 is 0. The van der Waals surface area contributed by atoms with Crippen molar-refractivity contribution in [2.45, 2.75) is 18.8 Å². The van der Waals surface area contributed by atoms with Crippen LogP contribution in [0.5, 0.6) is 0 Å². The molecule has 2 heterocycles. The highest BCUT2D eigenvalue weighted by Crippen LogP contribution is 2.28. The number of hydrogen-bond donors (Lipinski definition) is 0. The van der Waals surface area contributed by atoms with Crippen LogP contribution in [-0.2, 0) is 10.2 Å². The van der Waals surface area contributed by atoms with Crippen molar-refractivity contribution in [3.05, 3.63) is 36.2 Å². The molecule has 0 radical (unpaired) electrons. The van der Waals surface area contributed by atoms with Gasteiger partial charge in [0.1, 0.15) is 0 Å². The maximum absolute atomic E-state index is 12.2. The average molecular weight is 336 g/mol. The lowest BCUT2D eigenvalue weighted by atomic mass is 9.97. The Morgan fingerprint density at radius 2 is 1.78 bits per heavy atom. The number of benzene rings is 1. The molecule has 0 atom stereocenters. The van der Waals surface area contributed by atoms with Crippen molar-refractivity contribution in [2.24, 2.45) is 0 Å². The highest BCUT2D eigenvalue weighted by atomic mass is 32.2. The summed E-state index contributed by atoms with van der Waals surface area (Å²) in [5, 5.41) is 12.0. The molecule has 0 bridgehead atoms. The van der Waals surface area contributed by atoms with E-state index in [1.165, 1.54) is 8.61 Å². The molecule has 1 fully saturated rings. The van der Waals surface area contributed by atoms with Crippen molar-refractivity contribution in [1.82, 2.24) is 28.8 Å². The molecule has 0 amide bonds. The lowest BCUT2D eigenvalue weighted by Crippen LogP contribution is -2.44. The Balaban J connectivity index is 1.76. The van der Waals surface area contributed by atoms with Gasteiger partial charge in [-0.3, -0.25) is 0 Å². The fraction of sp³-hybridized carbons (Fsp3) is 0.500. The normalized spacial score (nSPS) is 17.7. The summed E-state index contributed by atoms with van der Waals surface area (Å²) in [6, 6.07) is 9.72. The number of nitrogens with zero attached hydrogens (tertiary/aromatic N) is 6. The van der Waals surface area contributed by atoms with Crippen molar-refractivity contribution in [3.63, 3.8) is 0 Å². The Hall–Kier alpha value is -1.84. The molecule has 0 aliphatic carbocycles. The summed E-state index contributed by atoms with van der Waals surface area (Å²) in [4.78, 5) is 0. The molecular formula is C14H20N6O2S. The number of piperidine rings is 1. The number of para-hydroxylation sites is 1. The topological polar surface area (TPSA) is 84.2 Å². The Kier molecular flexibility index (Phi) is 4.42. The number of aromatic nitrogens is 4. The minimum Gasteiger partial charge on any atom is -0.197 e. The Morgan fingerprint density at radius 3 is 2.39 bits per heavy atom. The molecule has 9 heteroatoms. The van der Waals surface area contributed by atoms with Crippen molar-refractivity contribution in [1.29, 1.82) is 0 Å². The maximum Gasteiger partial charge on any atom is 0.281 e. The zero-order valence-electron chi connectivity index (χ0n) is 13.2. The molecule has 3 rings (SSSR count). The van der Waals surface area contributed by atoms with Gasteiger partial charge in [-0.25, -0.2) is 0 Å². The molecule has 23 heavy (non-hydrogen) atoms. The van der Waals surface area contributed by atoms with Crippen LogP contribution in [0.1, 0.15) is 24.6 Å². The lowest BCUT2D eigenvalue weighted by molar-refractivity contribution is 0.295. The van der Waals surface area contributed by atoms with Gasteiger partial charge in [0.2, 0.25) is 0 Å². The third kappa shape index (κ3) is 3.12. The van der Waals surface area contributed by atoms with Crippen LogP contribution in [0.2, 0.25) is 0 Å². The highest BCUT2D eigenvalue weighted by Gasteiger charge is 2.32. The Bertz CT molecular complexity index is 751. The third-order valence-electron chi connectivity index (χ3n) is 4.10. The summed E-state index contributed by atoms with van der Waals surface area (Å²) in [6.45, 7) is 0.958. The fourth-order valence-corrected chi connectivity index (χ4v) is 3.91. The molecule has 1 aliphatic rings. The van der Waals surface area contributed by atoms with Crippen molar-refractivity contribution in [3.8, 4) is 5.69 Å². The maximum atomic E-state index is 12.2. The van der Waals surface area contributed by atoms with Crippen LogP contribution in [0.4, 0.5) is 0 Å². The van der Waals surface area contributed by atoms with Gasteiger partial charge in [-0.1, -0.05) is 18.2 Å². The fourth-order valence-electron chi connectivity index (χ4n) is 2.78. The van der Waals surface area contributed by atoms with E-state index in [-0.39, 0.29) is 5.92 Å². The minimum absolute atomic E-state index is 0.152. The van der Waals surface area contributed by atoms with E-state index in [0.717, 1.165) is 11.5 Å². The van der Waals surface area contributed by atoms with Crippen molar-refractivity contribution in [2.75, 3.05) is 27.2 Å². The van der Waals surface area contributed by atoms with Gasteiger partial charge in [0.05, 0.1) is 5.69 Å². The second-order valence-corrected chi connectivity index (χ2v) is 7.89. The van der Waals surface area contributed by atoms with Gasteiger partial charge in [0.25, 0.3) is 10.2 Å². The van der Waals surface area contributed by atoms with Crippen LogP contribution < -0.4 is 0 Å². The number of tetrazole rings is 1. The van der Waals surface area contributed by atoms with Crippen LogP contribution in [-0.4, -0.2) is 64.4 Å². The van der Waals surface area contributed by atoms with E-state index in [2.05, 4.69) is 15.5 Å². The molecule has 1 aromatic heterocycles. The molecule has 1 aliphatic heterocycles. The predicted octanol–water partition coefficient (Wildman–Crippen LogP) is 0.648. The van der Waals surface area contributed by atoms with Gasteiger partial charge >= 0.3 is 0 Å². The van der Waals surface area contributed by atoms with Crippen LogP contribution >= 0.6 is 0 Å². The van der Waals surface area contributed by atoms with E-state index < -0.39 is 10.2 Å². The molecule has 8 nitrogen and oxygen atoms in total. The third-order valence-corrected chi connectivity index (χ3v) is 6.04. The van der Waals surface area contributed by atoms with Crippen molar-refractivity contribution < 1.29 is 8.42 Å². The van der Waals surface area contributed by atoms with E-state index in [0.29, 0.717) is 25.9 Å². The first-order valence-electron chi connectivity index (χ1n) is 7.51. The summed E-state index contributed by atoms with van der Waals surface area (Å²) in [6.07, 6.45) is 1.42. The van der Waals surface area contributed by atoms with E-state index in [4.69, 9.17) is 0 Å². The first kappa shape index (κ1) is 16.0. The Labute approximate surface area is 135 Å². The zero-order chi connectivity index (χ0) is 16.4. The molecule has 0 unspecified atom stereocenters. The van der Waals surface area contributed by atoms with E-state index >= 15 is 0 Å². The predicted molar refractivity (Wildman–Crippen MR) is 85.3 cm³/mol. The molecule has 2 aromatic rings. The smallest absolute Gasteiger partial charge is 0.197 e.